The van der Waals surface area contributed by atoms with Crippen LogP contribution in [0.15, 0.2) is 12.5 Å². The summed E-state index contributed by atoms with van der Waals surface area (Å²) in [5.74, 6) is 0.561. The summed E-state index contributed by atoms with van der Waals surface area (Å²) >= 11 is 0. The number of aromatic amines is 1. The van der Waals surface area contributed by atoms with Crippen molar-refractivity contribution in [3.05, 3.63) is 18.1 Å². The van der Waals surface area contributed by atoms with Crippen LogP contribution in [-0.2, 0) is 6.54 Å². The van der Waals surface area contributed by atoms with Crippen LogP contribution in [0.4, 0.5) is 5.82 Å². The van der Waals surface area contributed by atoms with Gasteiger partial charge < -0.3 is 16.0 Å². The Kier molecular flexibility index (Phi) is 3.35. The Hall–Kier alpha value is -1.66. The number of rotatable bonds is 3. The molecule has 0 saturated carbocycles. The fourth-order valence-electron chi connectivity index (χ4n) is 2.80. The number of nitrogens with zero attached hydrogens (tertiary/aromatic N) is 3. The van der Waals surface area contributed by atoms with Gasteiger partial charge in [0.15, 0.2) is 0 Å². The molecule has 6 nitrogen and oxygen atoms in total. The van der Waals surface area contributed by atoms with E-state index in [-0.39, 0.29) is 0 Å². The van der Waals surface area contributed by atoms with E-state index in [1.807, 2.05) is 13.2 Å². The molecule has 0 radical (unpaired) electrons. The number of nitrogen functional groups attached to an aromatic ring is 1. The maximum Gasteiger partial charge on any atom is 0.143 e. The molecule has 0 atom stereocenters. The molecular weight excluding hydrogens is 240 g/mol. The molecule has 1 aliphatic heterocycles. The lowest BCUT2D eigenvalue weighted by atomic mass is 10.0. The van der Waals surface area contributed by atoms with E-state index >= 15 is 0 Å². The Morgan fingerprint density at radius 3 is 2.95 bits per heavy atom. The van der Waals surface area contributed by atoms with Gasteiger partial charge >= 0.3 is 0 Å². The number of piperidine rings is 1. The van der Waals surface area contributed by atoms with Crippen molar-refractivity contribution >= 4 is 16.9 Å². The van der Waals surface area contributed by atoms with Gasteiger partial charge in [0.05, 0.1) is 5.39 Å². The first-order chi connectivity index (χ1) is 9.28. The lowest BCUT2D eigenvalue weighted by Crippen LogP contribution is -2.40. The van der Waals surface area contributed by atoms with E-state index in [4.69, 9.17) is 5.73 Å². The van der Waals surface area contributed by atoms with Crippen LogP contribution < -0.4 is 11.1 Å². The van der Waals surface area contributed by atoms with Crippen molar-refractivity contribution in [2.24, 2.45) is 0 Å². The second-order valence-corrected chi connectivity index (χ2v) is 5.14. The standard InChI is InChI=1S/C13H20N6/c1-15-10-2-4-19(5-3-10)7-9-6-16-13-11(9)12(14)17-8-18-13/h6,8,10,15H,2-5,7H2,1H3,(H3,14,16,17,18). The molecule has 0 amide bonds. The molecule has 102 valence electrons. The third kappa shape index (κ3) is 2.41. The minimum atomic E-state index is 0.561. The number of nitrogens with one attached hydrogen (secondary N) is 2. The molecule has 1 aliphatic rings. The minimum Gasteiger partial charge on any atom is -0.383 e. The van der Waals surface area contributed by atoms with E-state index < -0.39 is 0 Å². The summed E-state index contributed by atoms with van der Waals surface area (Å²) in [6.45, 7) is 3.14. The van der Waals surface area contributed by atoms with Crippen molar-refractivity contribution in [1.82, 2.24) is 25.2 Å². The molecule has 0 aliphatic carbocycles. The predicted molar refractivity (Wildman–Crippen MR) is 75.7 cm³/mol. The predicted octanol–water partition coefficient (Wildman–Crippen LogP) is 0.724. The van der Waals surface area contributed by atoms with Gasteiger partial charge in [-0.15, -0.1) is 0 Å². The van der Waals surface area contributed by atoms with E-state index in [2.05, 4.69) is 25.2 Å². The van der Waals surface area contributed by atoms with Gasteiger partial charge in [-0.1, -0.05) is 0 Å². The number of hydrogen-bond acceptors (Lipinski definition) is 5. The van der Waals surface area contributed by atoms with Crippen LogP contribution in [0.25, 0.3) is 11.0 Å². The van der Waals surface area contributed by atoms with Gasteiger partial charge in [0, 0.05) is 18.8 Å². The number of H-pyrrole nitrogens is 1. The number of fused-ring (bicyclic) bond motifs is 1. The van der Waals surface area contributed by atoms with Crippen LogP contribution in [0.1, 0.15) is 18.4 Å². The SMILES string of the molecule is CNC1CCN(Cc2c[nH]c3ncnc(N)c23)CC1. The van der Waals surface area contributed by atoms with Gasteiger partial charge in [-0.25, -0.2) is 9.97 Å². The fraction of sp³-hybridized carbons (Fsp3) is 0.538. The van der Waals surface area contributed by atoms with Gasteiger partial charge in [-0.2, -0.15) is 0 Å². The smallest absolute Gasteiger partial charge is 0.143 e. The van der Waals surface area contributed by atoms with E-state index in [0.717, 1.165) is 30.7 Å². The van der Waals surface area contributed by atoms with Crippen molar-refractivity contribution < 1.29 is 0 Å². The Balaban J connectivity index is 1.75. The number of anilines is 1. The highest BCUT2D eigenvalue weighted by Gasteiger charge is 2.19. The summed E-state index contributed by atoms with van der Waals surface area (Å²) in [4.78, 5) is 13.9. The van der Waals surface area contributed by atoms with Gasteiger partial charge in [-0.05, 0) is 38.5 Å². The number of nitrogens with two attached hydrogens (primary N) is 1. The Bertz CT molecular complexity index is 555. The van der Waals surface area contributed by atoms with Crippen LogP contribution in [0.2, 0.25) is 0 Å². The third-order valence-electron chi connectivity index (χ3n) is 3.97. The first-order valence-electron chi connectivity index (χ1n) is 6.74. The normalized spacial score (nSPS) is 18.2. The van der Waals surface area contributed by atoms with Crippen molar-refractivity contribution in [2.75, 3.05) is 25.9 Å². The van der Waals surface area contributed by atoms with Crippen LogP contribution in [-0.4, -0.2) is 46.0 Å². The average molecular weight is 260 g/mol. The average Bonchev–Trinajstić information content (AvgIpc) is 2.84. The second-order valence-electron chi connectivity index (χ2n) is 5.14. The highest BCUT2D eigenvalue weighted by atomic mass is 15.1. The van der Waals surface area contributed by atoms with E-state index in [1.54, 1.807) is 0 Å². The van der Waals surface area contributed by atoms with Crippen molar-refractivity contribution in [2.45, 2.75) is 25.4 Å². The summed E-state index contributed by atoms with van der Waals surface area (Å²) in [5, 5.41) is 4.32. The summed E-state index contributed by atoms with van der Waals surface area (Å²) in [6.07, 6.45) is 5.89. The molecule has 1 fully saturated rings. The topological polar surface area (TPSA) is 82.9 Å². The lowest BCUT2D eigenvalue weighted by molar-refractivity contribution is 0.195. The summed E-state index contributed by atoms with van der Waals surface area (Å²) < 4.78 is 0. The van der Waals surface area contributed by atoms with Crippen LogP contribution in [0.3, 0.4) is 0 Å². The second kappa shape index (κ2) is 5.14. The summed E-state index contributed by atoms with van der Waals surface area (Å²) in [5.41, 5.74) is 7.97. The highest BCUT2D eigenvalue weighted by molar-refractivity contribution is 5.89. The van der Waals surface area contributed by atoms with Gasteiger partial charge in [0.1, 0.15) is 17.8 Å². The number of likely N-dealkylation sites (tertiary alicyclic amines) is 1. The molecule has 0 unspecified atom stereocenters. The molecular formula is C13H20N6. The number of aromatic nitrogens is 3. The van der Waals surface area contributed by atoms with Crippen molar-refractivity contribution in [1.29, 1.82) is 0 Å². The molecule has 0 aromatic carbocycles. The fourth-order valence-corrected chi connectivity index (χ4v) is 2.80. The maximum atomic E-state index is 5.95. The van der Waals surface area contributed by atoms with Gasteiger partial charge in [-0.3, -0.25) is 4.90 Å². The molecule has 6 heteroatoms. The number of hydrogen-bond donors (Lipinski definition) is 3. The van der Waals surface area contributed by atoms with E-state index in [0.29, 0.717) is 11.9 Å². The third-order valence-corrected chi connectivity index (χ3v) is 3.97. The molecule has 2 aromatic rings. The zero-order valence-electron chi connectivity index (χ0n) is 11.2. The molecule has 3 rings (SSSR count). The molecule has 2 aromatic heterocycles. The Morgan fingerprint density at radius 1 is 1.42 bits per heavy atom. The molecule has 4 N–H and O–H groups in total. The molecule has 0 bridgehead atoms. The summed E-state index contributed by atoms with van der Waals surface area (Å²) in [6, 6.07) is 0.660. The van der Waals surface area contributed by atoms with Crippen LogP contribution in [0, 0.1) is 0 Å². The lowest BCUT2D eigenvalue weighted by Gasteiger charge is -2.31. The Morgan fingerprint density at radius 2 is 2.21 bits per heavy atom. The van der Waals surface area contributed by atoms with Crippen LogP contribution in [0.5, 0.6) is 0 Å². The zero-order valence-corrected chi connectivity index (χ0v) is 11.2. The largest absolute Gasteiger partial charge is 0.383 e. The van der Waals surface area contributed by atoms with Crippen LogP contribution >= 0.6 is 0 Å². The summed E-state index contributed by atoms with van der Waals surface area (Å²) in [7, 11) is 2.04. The van der Waals surface area contributed by atoms with Crippen molar-refractivity contribution in [3.63, 3.8) is 0 Å². The monoisotopic (exact) mass is 260 g/mol. The van der Waals surface area contributed by atoms with Gasteiger partial charge in [0.2, 0.25) is 0 Å². The van der Waals surface area contributed by atoms with Gasteiger partial charge in [0.25, 0.3) is 0 Å². The maximum absolute atomic E-state index is 5.95. The first kappa shape index (κ1) is 12.4. The molecule has 0 spiro atoms. The highest BCUT2D eigenvalue weighted by Crippen LogP contribution is 2.23. The van der Waals surface area contributed by atoms with E-state index in [1.165, 1.54) is 24.7 Å². The molecule has 19 heavy (non-hydrogen) atoms. The first-order valence-corrected chi connectivity index (χ1v) is 6.74. The van der Waals surface area contributed by atoms with Crippen molar-refractivity contribution in [3.8, 4) is 0 Å². The Labute approximate surface area is 112 Å². The van der Waals surface area contributed by atoms with E-state index in [9.17, 15) is 0 Å². The zero-order chi connectivity index (χ0) is 13.2. The molecule has 3 heterocycles. The quantitative estimate of drug-likeness (QED) is 0.757. The minimum absolute atomic E-state index is 0.561. The molecule has 1 saturated heterocycles.